The monoisotopic (exact) mass is 349 g/mol. The third kappa shape index (κ3) is 2.73. The highest BCUT2D eigenvalue weighted by Crippen LogP contribution is 2.36. The number of nitrogens with zero attached hydrogens (tertiary/aromatic N) is 3. The molecule has 1 aromatic heterocycles. The van der Waals surface area contributed by atoms with Crippen LogP contribution in [0.4, 0.5) is 16.0 Å². The number of amides is 1. The van der Waals surface area contributed by atoms with Crippen molar-refractivity contribution in [3.8, 4) is 0 Å². The molecule has 2 heterocycles. The summed E-state index contributed by atoms with van der Waals surface area (Å²) in [5.74, 6) is -0.263. The van der Waals surface area contributed by atoms with Crippen LogP contribution >= 0.6 is 0 Å². The number of fused-ring (bicyclic) bond motifs is 1. The smallest absolute Gasteiger partial charge is 0.255 e. The van der Waals surface area contributed by atoms with E-state index in [1.807, 2.05) is 18.2 Å². The van der Waals surface area contributed by atoms with Crippen LogP contribution in [0, 0.1) is 5.82 Å². The molecule has 1 aliphatic heterocycles. The van der Waals surface area contributed by atoms with Gasteiger partial charge in [0.05, 0.1) is 5.57 Å². The van der Waals surface area contributed by atoms with Crippen LogP contribution in [-0.2, 0) is 4.79 Å². The standard InChI is InChI=1S/C19H16FN5O/c1-12-16(18(26)24-13-7-3-2-4-8-13)17(14-9-5-6-10-15(14)20)25-19(23-12)21-11-22-25/h2-11,17H,1H3,(H,24,26)(H,21,22,23)/t17-/m0/s1. The van der Waals surface area contributed by atoms with Gasteiger partial charge in [0.2, 0.25) is 5.95 Å². The van der Waals surface area contributed by atoms with Gasteiger partial charge in [-0.2, -0.15) is 10.1 Å². The third-order valence-corrected chi connectivity index (χ3v) is 4.27. The van der Waals surface area contributed by atoms with E-state index in [0.717, 1.165) is 0 Å². The van der Waals surface area contributed by atoms with Crippen molar-refractivity contribution in [1.29, 1.82) is 0 Å². The fourth-order valence-electron chi connectivity index (χ4n) is 3.09. The summed E-state index contributed by atoms with van der Waals surface area (Å²) in [5.41, 5.74) is 2.01. The number of hydrogen-bond acceptors (Lipinski definition) is 4. The summed E-state index contributed by atoms with van der Waals surface area (Å²) in [7, 11) is 0. The summed E-state index contributed by atoms with van der Waals surface area (Å²) >= 11 is 0. The molecule has 7 heteroatoms. The second-order valence-electron chi connectivity index (χ2n) is 5.94. The predicted molar refractivity (Wildman–Crippen MR) is 96.0 cm³/mol. The summed E-state index contributed by atoms with van der Waals surface area (Å²) in [5, 5.41) is 10.1. The van der Waals surface area contributed by atoms with Gasteiger partial charge in [0, 0.05) is 16.9 Å². The first-order valence-electron chi connectivity index (χ1n) is 8.13. The topological polar surface area (TPSA) is 71.8 Å². The van der Waals surface area contributed by atoms with Gasteiger partial charge >= 0.3 is 0 Å². The Balaban J connectivity index is 1.80. The number of benzene rings is 2. The normalized spacial score (nSPS) is 16.0. The van der Waals surface area contributed by atoms with Crippen molar-refractivity contribution in [2.75, 3.05) is 10.6 Å². The predicted octanol–water partition coefficient (Wildman–Crippen LogP) is 3.34. The van der Waals surface area contributed by atoms with Crippen LogP contribution in [0.2, 0.25) is 0 Å². The minimum Gasteiger partial charge on any atom is -0.328 e. The molecule has 2 aromatic carbocycles. The number of aromatic nitrogens is 3. The molecule has 0 bridgehead atoms. The zero-order valence-electron chi connectivity index (χ0n) is 14.0. The molecule has 1 atom stereocenters. The van der Waals surface area contributed by atoms with E-state index in [1.54, 1.807) is 37.3 Å². The fourth-order valence-corrected chi connectivity index (χ4v) is 3.09. The van der Waals surface area contributed by atoms with Gasteiger partial charge in [-0.15, -0.1) is 0 Å². The largest absolute Gasteiger partial charge is 0.328 e. The van der Waals surface area contributed by atoms with Crippen LogP contribution in [0.25, 0.3) is 0 Å². The molecule has 1 aliphatic rings. The summed E-state index contributed by atoms with van der Waals surface area (Å²) in [6.07, 6.45) is 1.38. The first-order valence-corrected chi connectivity index (χ1v) is 8.13. The Morgan fingerprint density at radius 2 is 1.88 bits per heavy atom. The van der Waals surface area contributed by atoms with Gasteiger partial charge in [0.1, 0.15) is 18.2 Å². The Labute approximate surface area is 149 Å². The number of allylic oxidation sites excluding steroid dienone is 1. The SMILES string of the molecule is CC1=C(C(=O)Nc2ccccc2)[C@H](c2ccccc2F)n2ncnc2N1. The first kappa shape index (κ1) is 16.0. The van der Waals surface area contributed by atoms with Gasteiger partial charge in [-0.3, -0.25) is 4.79 Å². The highest BCUT2D eigenvalue weighted by Gasteiger charge is 2.34. The van der Waals surface area contributed by atoms with Gasteiger partial charge in [0.15, 0.2) is 0 Å². The Hall–Kier alpha value is -3.48. The molecule has 0 radical (unpaired) electrons. The number of carbonyl (C=O) groups is 1. The van der Waals surface area contributed by atoms with Crippen LogP contribution in [0.5, 0.6) is 0 Å². The number of anilines is 2. The van der Waals surface area contributed by atoms with Crippen LogP contribution in [0.1, 0.15) is 18.5 Å². The molecule has 0 fully saturated rings. The lowest BCUT2D eigenvalue weighted by molar-refractivity contribution is -0.113. The molecular formula is C19H16FN5O. The molecule has 1 amide bonds. The molecule has 26 heavy (non-hydrogen) atoms. The second-order valence-corrected chi connectivity index (χ2v) is 5.94. The van der Waals surface area contributed by atoms with Gasteiger partial charge in [-0.1, -0.05) is 36.4 Å². The number of nitrogens with one attached hydrogen (secondary N) is 2. The number of rotatable bonds is 3. The molecule has 2 N–H and O–H groups in total. The zero-order chi connectivity index (χ0) is 18.1. The Morgan fingerprint density at radius 3 is 2.65 bits per heavy atom. The quantitative estimate of drug-likeness (QED) is 0.761. The van der Waals surface area contributed by atoms with Crippen molar-refractivity contribution < 1.29 is 9.18 Å². The van der Waals surface area contributed by atoms with Crippen molar-refractivity contribution in [3.63, 3.8) is 0 Å². The average Bonchev–Trinajstić information content (AvgIpc) is 3.10. The maximum atomic E-state index is 14.5. The van der Waals surface area contributed by atoms with E-state index in [4.69, 9.17) is 0 Å². The molecule has 0 saturated heterocycles. The lowest BCUT2D eigenvalue weighted by Gasteiger charge is -2.28. The summed E-state index contributed by atoms with van der Waals surface area (Å²) in [6.45, 7) is 1.77. The minimum atomic E-state index is -0.710. The summed E-state index contributed by atoms with van der Waals surface area (Å²) in [6, 6.07) is 14.8. The fraction of sp³-hybridized carbons (Fsp3) is 0.105. The molecule has 0 unspecified atom stereocenters. The molecular weight excluding hydrogens is 333 g/mol. The highest BCUT2D eigenvalue weighted by atomic mass is 19.1. The average molecular weight is 349 g/mol. The maximum absolute atomic E-state index is 14.5. The second kappa shape index (κ2) is 6.44. The van der Waals surface area contributed by atoms with Gasteiger partial charge < -0.3 is 10.6 Å². The molecule has 0 saturated carbocycles. The Bertz CT molecular complexity index is 996. The lowest BCUT2D eigenvalue weighted by atomic mass is 9.94. The van der Waals surface area contributed by atoms with Crippen LogP contribution in [0.3, 0.4) is 0 Å². The van der Waals surface area contributed by atoms with Crippen molar-refractivity contribution in [2.24, 2.45) is 0 Å². The Morgan fingerprint density at radius 1 is 1.15 bits per heavy atom. The van der Waals surface area contributed by atoms with Gasteiger partial charge in [-0.25, -0.2) is 9.07 Å². The van der Waals surface area contributed by atoms with E-state index >= 15 is 0 Å². The van der Waals surface area contributed by atoms with Gasteiger partial charge in [-0.05, 0) is 25.1 Å². The van der Waals surface area contributed by atoms with Crippen molar-refractivity contribution >= 4 is 17.5 Å². The molecule has 4 rings (SSSR count). The lowest BCUT2D eigenvalue weighted by Crippen LogP contribution is -2.32. The summed E-state index contributed by atoms with van der Waals surface area (Å²) < 4.78 is 16.0. The van der Waals surface area contributed by atoms with E-state index in [1.165, 1.54) is 17.1 Å². The molecule has 0 aliphatic carbocycles. The minimum absolute atomic E-state index is 0.324. The highest BCUT2D eigenvalue weighted by molar-refractivity contribution is 6.06. The number of para-hydroxylation sites is 1. The number of hydrogen-bond donors (Lipinski definition) is 2. The molecule has 6 nitrogen and oxygen atoms in total. The van der Waals surface area contributed by atoms with Gasteiger partial charge in [0.25, 0.3) is 5.91 Å². The van der Waals surface area contributed by atoms with E-state index in [0.29, 0.717) is 28.5 Å². The molecule has 3 aromatic rings. The summed E-state index contributed by atoms with van der Waals surface area (Å²) in [4.78, 5) is 17.2. The third-order valence-electron chi connectivity index (χ3n) is 4.27. The van der Waals surface area contributed by atoms with Crippen molar-refractivity contribution in [3.05, 3.63) is 83.6 Å². The maximum Gasteiger partial charge on any atom is 0.255 e. The van der Waals surface area contributed by atoms with Crippen molar-refractivity contribution in [1.82, 2.24) is 14.8 Å². The van der Waals surface area contributed by atoms with Crippen LogP contribution in [0.15, 0.2) is 72.2 Å². The van der Waals surface area contributed by atoms with Crippen LogP contribution < -0.4 is 10.6 Å². The number of carbonyl (C=O) groups excluding carboxylic acids is 1. The van der Waals surface area contributed by atoms with Crippen molar-refractivity contribution in [2.45, 2.75) is 13.0 Å². The molecule has 130 valence electrons. The first-order chi connectivity index (χ1) is 12.6. The van der Waals surface area contributed by atoms with E-state index < -0.39 is 11.9 Å². The van der Waals surface area contributed by atoms with E-state index in [2.05, 4.69) is 20.7 Å². The molecule has 0 spiro atoms. The zero-order valence-corrected chi connectivity index (χ0v) is 14.0. The van der Waals surface area contributed by atoms with E-state index in [-0.39, 0.29) is 5.91 Å². The van der Waals surface area contributed by atoms with E-state index in [9.17, 15) is 9.18 Å². The number of halogens is 1. The van der Waals surface area contributed by atoms with Crippen LogP contribution in [-0.4, -0.2) is 20.7 Å². The Kier molecular flexibility index (Phi) is 3.96.